The average molecular weight is 371 g/mol. The largest absolute Gasteiger partial charge is 0.383 e. The Morgan fingerprint density at radius 2 is 2.15 bits per heavy atom. The summed E-state index contributed by atoms with van der Waals surface area (Å²) in [5, 5.41) is 3.24. The predicted octanol–water partition coefficient (Wildman–Crippen LogP) is 2.91. The molecular formula is C20H29N5O2. The van der Waals surface area contributed by atoms with E-state index in [0.29, 0.717) is 12.6 Å². The van der Waals surface area contributed by atoms with E-state index < -0.39 is 0 Å². The second-order valence-corrected chi connectivity index (χ2v) is 7.68. The van der Waals surface area contributed by atoms with Crippen LogP contribution in [-0.4, -0.2) is 58.3 Å². The van der Waals surface area contributed by atoms with Gasteiger partial charge in [-0.15, -0.1) is 0 Å². The van der Waals surface area contributed by atoms with E-state index >= 15 is 0 Å². The lowest BCUT2D eigenvalue weighted by Gasteiger charge is -2.26. The highest BCUT2D eigenvalue weighted by Crippen LogP contribution is 2.29. The Morgan fingerprint density at radius 3 is 2.96 bits per heavy atom. The third-order valence-corrected chi connectivity index (χ3v) is 5.83. The molecule has 0 spiro atoms. The molecule has 2 aliphatic rings. The van der Waals surface area contributed by atoms with Gasteiger partial charge in [0, 0.05) is 44.9 Å². The van der Waals surface area contributed by atoms with Gasteiger partial charge in [0.15, 0.2) is 5.65 Å². The number of carbonyl (C=O) groups is 1. The molecule has 1 aliphatic heterocycles. The molecular weight excluding hydrogens is 342 g/mol. The van der Waals surface area contributed by atoms with Gasteiger partial charge in [0.25, 0.3) is 0 Å². The van der Waals surface area contributed by atoms with Crippen LogP contribution in [0.1, 0.15) is 50.3 Å². The SMILES string of the molecule is COCCn1c(C2CCN(C(=O)NC3CCCCC3)C2)nc2cccnc21. The lowest BCUT2D eigenvalue weighted by Crippen LogP contribution is -2.44. The van der Waals surface area contributed by atoms with E-state index in [9.17, 15) is 4.79 Å². The number of ether oxygens (including phenoxy) is 1. The molecule has 2 aromatic heterocycles. The highest BCUT2D eigenvalue weighted by Gasteiger charge is 2.32. The Labute approximate surface area is 160 Å². The minimum atomic E-state index is 0.0853. The fourth-order valence-corrected chi connectivity index (χ4v) is 4.36. The first-order valence-corrected chi connectivity index (χ1v) is 10.1. The van der Waals surface area contributed by atoms with Gasteiger partial charge in [0.1, 0.15) is 11.3 Å². The lowest BCUT2D eigenvalue weighted by molar-refractivity contribution is 0.186. The minimum absolute atomic E-state index is 0.0853. The second-order valence-electron chi connectivity index (χ2n) is 7.68. The molecule has 2 amide bonds. The number of hydrogen-bond acceptors (Lipinski definition) is 4. The molecule has 7 nitrogen and oxygen atoms in total. The molecule has 1 atom stereocenters. The summed E-state index contributed by atoms with van der Waals surface area (Å²) in [4.78, 5) is 24.0. The Morgan fingerprint density at radius 1 is 1.30 bits per heavy atom. The predicted molar refractivity (Wildman–Crippen MR) is 104 cm³/mol. The summed E-state index contributed by atoms with van der Waals surface area (Å²) in [6.45, 7) is 2.84. The number of amides is 2. The van der Waals surface area contributed by atoms with Crippen LogP contribution in [0.2, 0.25) is 0 Å². The van der Waals surface area contributed by atoms with Gasteiger partial charge in [-0.05, 0) is 31.4 Å². The van der Waals surface area contributed by atoms with Gasteiger partial charge in [-0.2, -0.15) is 0 Å². The fraction of sp³-hybridized carbons (Fsp3) is 0.650. The normalized spacial score (nSPS) is 21.1. The van der Waals surface area contributed by atoms with E-state index in [0.717, 1.165) is 55.9 Å². The highest BCUT2D eigenvalue weighted by atomic mass is 16.5. The number of likely N-dealkylation sites (tertiary alicyclic amines) is 1. The van der Waals surface area contributed by atoms with Crippen molar-refractivity contribution in [2.24, 2.45) is 0 Å². The molecule has 1 saturated carbocycles. The van der Waals surface area contributed by atoms with Gasteiger partial charge < -0.3 is 19.5 Å². The molecule has 1 unspecified atom stereocenters. The van der Waals surface area contributed by atoms with Gasteiger partial charge in [-0.25, -0.2) is 14.8 Å². The summed E-state index contributed by atoms with van der Waals surface area (Å²) >= 11 is 0. The molecule has 1 aliphatic carbocycles. The first-order chi connectivity index (χ1) is 13.3. The summed E-state index contributed by atoms with van der Waals surface area (Å²) in [6.07, 6.45) is 8.71. The van der Waals surface area contributed by atoms with Crippen molar-refractivity contribution in [3.63, 3.8) is 0 Å². The topological polar surface area (TPSA) is 72.3 Å². The Balaban J connectivity index is 1.47. The van der Waals surface area contributed by atoms with Crippen molar-refractivity contribution < 1.29 is 9.53 Å². The first kappa shape index (κ1) is 18.2. The van der Waals surface area contributed by atoms with Gasteiger partial charge in [0.2, 0.25) is 0 Å². The van der Waals surface area contributed by atoms with Crippen molar-refractivity contribution in [3.05, 3.63) is 24.2 Å². The molecule has 3 heterocycles. The monoisotopic (exact) mass is 371 g/mol. The molecule has 1 N–H and O–H groups in total. The molecule has 1 saturated heterocycles. The molecule has 146 valence electrons. The third kappa shape index (κ3) is 3.93. The zero-order chi connectivity index (χ0) is 18.6. The van der Waals surface area contributed by atoms with Crippen molar-refractivity contribution in [1.29, 1.82) is 0 Å². The molecule has 7 heteroatoms. The molecule has 4 rings (SSSR count). The maximum Gasteiger partial charge on any atom is 0.317 e. The number of aromatic nitrogens is 3. The van der Waals surface area contributed by atoms with Gasteiger partial charge in [-0.3, -0.25) is 0 Å². The van der Waals surface area contributed by atoms with Crippen LogP contribution in [0, 0.1) is 0 Å². The summed E-state index contributed by atoms with van der Waals surface area (Å²) in [5.74, 6) is 1.27. The van der Waals surface area contributed by atoms with E-state index in [4.69, 9.17) is 9.72 Å². The van der Waals surface area contributed by atoms with E-state index in [1.165, 1.54) is 19.3 Å². The van der Waals surface area contributed by atoms with Crippen LogP contribution in [-0.2, 0) is 11.3 Å². The quantitative estimate of drug-likeness (QED) is 0.877. The first-order valence-electron chi connectivity index (χ1n) is 10.1. The number of nitrogens with one attached hydrogen (secondary N) is 1. The van der Waals surface area contributed by atoms with Crippen LogP contribution in [0.15, 0.2) is 18.3 Å². The van der Waals surface area contributed by atoms with Gasteiger partial charge in [-0.1, -0.05) is 19.3 Å². The highest BCUT2D eigenvalue weighted by molar-refractivity contribution is 5.75. The third-order valence-electron chi connectivity index (χ3n) is 5.83. The van der Waals surface area contributed by atoms with Crippen molar-refractivity contribution in [2.45, 2.75) is 57.0 Å². The number of fused-ring (bicyclic) bond motifs is 1. The Bertz CT molecular complexity index is 784. The number of hydrogen-bond donors (Lipinski definition) is 1. The van der Waals surface area contributed by atoms with E-state index in [-0.39, 0.29) is 11.9 Å². The Kier molecular flexibility index (Phi) is 5.57. The lowest BCUT2D eigenvalue weighted by atomic mass is 9.96. The Hall–Kier alpha value is -2.15. The van der Waals surface area contributed by atoms with Crippen LogP contribution >= 0.6 is 0 Å². The molecule has 0 aromatic carbocycles. The van der Waals surface area contributed by atoms with Crippen LogP contribution in [0.3, 0.4) is 0 Å². The number of rotatable bonds is 5. The van der Waals surface area contributed by atoms with Crippen LogP contribution in [0.25, 0.3) is 11.2 Å². The smallest absolute Gasteiger partial charge is 0.317 e. The number of nitrogens with zero attached hydrogens (tertiary/aromatic N) is 4. The number of carbonyl (C=O) groups excluding carboxylic acids is 1. The zero-order valence-corrected chi connectivity index (χ0v) is 16.1. The van der Waals surface area contributed by atoms with E-state index in [2.05, 4.69) is 14.9 Å². The number of pyridine rings is 1. The molecule has 0 bridgehead atoms. The molecule has 27 heavy (non-hydrogen) atoms. The summed E-state index contributed by atoms with van der Waals surface area (Å²) in [7, 11) is 1.71. The second kappa shape index (κ2) is 8.25. The van der Waals surface area contributed by atoms with Gasteiger partial charge >= 0.3 is 6.03 Å². The van der Waals surface area contributed by atoms with Crippen LogP contribution in [0.5, 0.6) is 0 Å². The molecule has 0 radical (unpaired) electrons. The number of imidazole rings is 1. The molecule has 2 fully saturated rings. The van der Waals surface area contributed by atoms with E-state index in [1.54, 1.807) is 13.3 Å². The molecule has 2 aromatic rings. The van der Waals surface area contributed by atoms with E-state index in [1.807, 2.05) is 17.0 Å². The number of methoxy groups -OCH3 is 1. The maximum atomic E-state index is 12.7. The minimum Gasteiger partial charge on any atom is -0.383 e. The summed E-state index contributed by atoms with van der Waals surface area (Å²) in [5.41, 5.74) is 1.81. The summed E-state index contributed by atoms with van der Waals surface area (Å²) < 4.78 is 7.43. The van der Waals surface area contributed by atoms with Crippen molar-refractivity contribution in [1.82, 2.24) is 24.8 Å². The van der Waals surface area contributed by atoms with Crippen molar-refractivity contribution >= 4 is 17.2 Å². The zero-order valence-electron chi connectivity index (χ0n) is 16.1. The van der Waals surface area contributed by atoms with Crippen LogP contribution in [0.4, 0.5) is 4.79 Å². The number of urea groups is 1. The van der Waals surface area contributed by atoms with Crippen molar-refractivity contribution in [2.75, 3.05) is 26.8 Å². The standard InChI is InChI=1S/C20H29N5O2/c1-27-13-12-25-18(23-17-8-5-10-21-19(17)25)15-9-11-24(14-15)20(26)22-16-6-3-2-4-7-16/h5,8,10,15-16H,2-4,6-7,9,11-14H2,1H3,(H,22,26). The summed E-state index contributed by atoms with van der Waals surface area (Å²) in [6, 6.07) is 4.35. The van der Waals surface area contributed by atoms with Crippen LogP contribution < -0.4 is 5.32 Å². The van der Waals surface area contributed by atoms with Crippen molar-refractivity contribution in [3.8, 4) is 0 Å². The average Bonchev–Trinajstić information content (AvgIpc) is 3.32. The fourth-order valence-electron chi connectivity index (χ4n) is 4.36. The van der Waals surface area contributed by atoms with Gasteiger partial charge in [0.05, 0.1) is 6.61 Å². The maximum absolute atomic E-state index is 12.7.